The van der Waals surface area contributed by atoms with E-state index in [-0.39, 0.29) is 94.0 Å². The number of hydrogen-bond acceptors (Lipinski definition) is 16. The molecule has 0 aromatic heterocycles. The molecule has 7 atom stereocenters. The molecule has 2 aromatic carbocycles. The third-order valence-electron chi connectivity index (χ3n) is 13.3. The summed E-state index contributed by atoms with van der Waals surface area (Å²) in [5.74, 6) is -4.48. The van der Waals surface area contributed by atoms with E-state index in [1.54, 1.807) is 45.9 Å². The molecule has 1 spiro atoms. The fourth-order valence-electron chi connectivity index (χ4n) is 9.73. The number of phenols is 2. The number of carbonyl (C=O) groups is 5. The molecule has 5 aliphatic heterocycles. The Morgan fingerprint density at radius 1 is 0.880 bits per heavy atom. The summed E-state index contributed by atoms with van der Waals surface area (Å²) < 4.78 is 22.2. The van der Waals surface area contributed by atoms with E-state index in [2.05, 4.69) is 36.9 Å². The van der Waals surface area contributed by atoms with Crippen molar-refractivity contribution in [3.8, 4) is 30.1 Å². The third-order valence-corrected chi connectivity index (χ3v) is 13.3. The number of terminal acetylenes is 1. The minimum absolute atomic E-state index is 0.00112. The Balaban J connectivity index is 0.00000229. The molecule has 17 heteroatoms. The van der Waals surface area contributed by atoms with E-state index in [4.69, 9.17) is 34.0 Å². The van der Waals surface area contributed by atoms with Gasteiger partial charge < -0.3 is 49.6 Å². The first kappa shape index (κ1) is 65.0. The number of phenolic OH excluding ortho intramolecular Hbond substituents is 2. The lowest BCUT2D eigenvalue weighted by Gasteiger charge is -2.36. The highest BCUT2D eigenvalue weighted by molar-refractivity contribution is 6.19. The highest BCUT2D eigenvalue weighted by Gasteiger charge is 2.42. The van der Waals surface area contributed by atoms with Crippen LogP contribution in [0.15, 0.2) is 45.9 Å². The van der Waals surface area contributed by atoms with Crippen LogP contribution in [0.2, 0.25) is 0 Å². The molecular formula is C58H86N4O13. The number of piperidine rings is 1. The number of nitrogens with one attached hydrogen (secondary N) is 1. The minimum Gasteiger partial charge on any atom is -0.507 e. The van der Waals surface area contributed by atoms with Crippen LogP contribution >= 0.6 is 0 Å². The van der Waals surface area contributed by atoms with Gasteiger partial charge in [-0.3, -0.25) is 34.0 Å². The molecule has 5 bridgehead atoms. The predicted octanol–water partition coefficient (Wildman–Crippen LogP) is 8.00. The maximum Gasteiger partial charge on any atom is 0.317 e. The lowest BCUT2D eigenvalue weighted by atomic mass is 9.80. The molecule has 0 unspecified atom stereocenters. The van der Waals surface area contributed by atoms with Gasteiger partial charge in [-0.2, -0.15) is 0 Å². The standard InChI is InChI=1S/C51H68N4O12.2C2H6.C2H2.CH4O/c1-10-64-35(56)18-23-65-36(57)25-37(58)67-48-29(5)15-11-12-17-34-46(61)40-38-39(45(60)33(9)49(40)66-34)47(62)43(42-41(38)53-51(54-42)19-21-55(22-20-51)26-27(2)3)52-50(63)30(6)16-13-14-28(4)24-31(7)44(59)32(48)8;4*1-2/h11-14,16,27-29,31-32,34,44,48,59-60,62H,10,15,17-26H2,1-9H3,(H,52,63);2*1-2H3;1-2H;2H,1H3/b12-11+,14-13+,30-16-;;;;/t28-,29+,31+,32+,34+,44+,48+;;;;/m0..../s1. The lowest BCUT2D eigenvalue weighted by Crippen LogP contribution is -2.43. The van der Waals surface area contributed by atoms with Crippen molar-refractivity contribution in [2.75, 3.05) is 45.3 Å². The number of esters is 3. The summed E-state index contributed by atoms with van der Waals surface area (Å²) in [5, 5.41) is 46.2. The molecule has 17 nitrogen and oxygen atoms in total. The Morgan fingerprint density at radius 3 is 2.11 bits per heavy atom. The topological polar surface area (TPSA) is 243 Å². The first-order valence-electron chi connectivity index (χ1n) is 26.5. The zero-order valence-electron chi connectivity index (χ0n) is 47.0. The Labute approximate surface area is 444 Å². The van der Waals surface area contributed by atoms with Crippen LogP contribution in [-0.2, 0) is 33.4 Å². The highest BCUT2D eigenvalue weighted by atomic mass is 16.6. The van der Waals surface area contributed by atoms with Crippen molar-refractivity contribution in [1.29, 1.82) is 0 Å². The van der Waals surface area contributed by atoms with Gasteiger partial charge in [0, 0.05) is 68.4 Å². The number of rotatable bonds is 9. The molecule has 75 heavy (non-hydrogen) atoms. The van der Waals surface area contributed by atoms with Crippen molar-refractivity contribution < 1.29 is 63.3 Å². The summed E-state index contributed by atoms with van der Waals surface area (Å²) in [6.45, 7) is 27.1. The van der Waals surface area contributed by atoms with Gasteiger partial charge in [0.2, 0.25) is 5.78 Å². The number of carbonyl (C=O) groups excluding carboxylic acids is 5. The van der Waals surface area contributed by atoms with E-state index in [1.165, 1.54) is 0 Å². The van der Waals surface area contributed by atoms with Crippen molar-refractivity contribution in [3.63, 3.8) is 0 Å². The normalized spacial score (nSPS) is 24.7. The summed E-state index contributed by atoms with van der Waals surface area (Å²) in [4.78, 5) is 78.7. The second-order valence-corrected chi connectivity index (χ2v) is 19.3. The van der Waals surface area contributed by atoms with Gasteiger partial charge in [0.1, 0.15) is 41.7 Å². The van der Waals surface area contributed by atoms with Crippen LogP contribution in [-0.4, -0.2) is 119 Å². The molecule has 1 fully saturated rings. The van der Waals surface area contributed by atoms with Crippen LogP contribution in [0.3, 0.4) is 0 Å². The smallest absolute Gasteiger partial charge is 0.317 e. The zero-order chi connectivity index (χ0) is 56.9. The number of ether oxygens (including phenoxy) is 4. The quantitative estimate of drug-likeness (QED) is 0.0399. The number of likely N-dealkylation sites (tertiary alicyclic amines) is 1. The minimum atomic E-state index is -0.993. The predicted molar refractivity (Wildman–Crippen MR) is 291 cm³/mol. The Bertz CT molecular complexity index is 2520. The Kier molecular flexibility index (Phi) is 26.9. The number of Topliss-reactive ketones (excluding diaryl/α,β-unsaturated/α-hetero) is 1. The van der Waals surface area contributed by atoms with Crippen molar-refractivity contribution in [2.45, 2.75) is 159 Å². The average Bonchev–Trinajstić information content (AvgIpc) is 3.93. The van der Waals surface area contributed by atoms with Crippen molar-refractivity contribution in [2.24, 2.45) is 39.6 Å². The largest absolute Gasteiger partial charge is 0.507 e. The molecule has 7 rings (SSSR count). The molecule has 2 aromatic rings. The fourth-order valence-corrected chi connectivity index (χ4v) is 9.73. The summed E-state index contributed by atoms with van der Waals surface area (Å²) in [6, 6.07) is 0. The van der Waals surface area contributed by atoms with Crippen LogP contribution in [0.4, 0.5) is 5.69 Å². The second kappa shape index (κ2) is 31.1. The average molecular weight is 1050 g/mol. The van der Waals surface area contributed by atoms with Crippen LogP contribution < -0.4 is 20.8 Å². The summed E-state index contributed by atoms with van der Waals surface area (Å²) in [7, 11) is 1.00. The molecular weight excluding hydrogens is 961 g/mol. The molecule has 0 aliphatic carbocycles. The van der Waals surface area contributed by atoms with E-state index in [0.29, 0.717) is 42.5 Å². The van der Waals surface area contributed by atoms with Crippen LogP contribution in [0.25, 0.3) is 10.8 Å². The van der Waals surface area contributed by atoms with Crippen LogP contribution in [0, 0.1) is 49.4 Å². The first-order chi connectivity index (χ1) is 35.7. The van der Waals surface area contributed by atoms with E-state index in [0.717, 1.165) is 26.7 Å². The van der Waals surface area contributed by atoms with Crippen LogP contribution in [0.5, 0.6) is 17.2 Å². The van der Waals surface area contributed by atoms with Crippen molar-refractivity contribution >= 4 is 46.1 Å². The number of aliphatic hydroxyl groups excluding tert-OH is 2. The first-order valence-corrected chi connectivity index (χ1v) is 26.5. The molecule has 5 heterocycles. The van der Waals surface area contributed by atoms with Crippen molar-refractivity contribution in [1.82, 2.24) is 4.90 Å². The van der Waals surface area contributed by atoms with Gasteiger partial charge in [0.25, 0.3) is 5.91 Å². The number of amides is 1. The SMILES string of the molecule is C#C.CC.CC.CCOC(=O)CCOC(=O)CC(=O)O[C@H]1[C@H](C)[C@H](O)[C@H](C)C[C@@H](C)/C=C/C=C(/C)C(=O)Nc2c(O)c3c(O)c(C)c4c(c3c3c2=NC2(CCN(CC(C)C)CC2)N=3)C(=O)[C@@H](C/C=C/C[C@H]1C)O4.CO. The maximum absolute atomic E-state index is 14.6. The zero-order valence-corrected chi connectivity index (χ0v) is 47.0. The monoisotopic (exact) mass is 1050 g/mol. The number of nitrogens with zero attached hydrogens (tertiary/aromatic N) is 3. The van der Waals surface area contributed by atoms with Gasteiger partial charge in [-0.05, 0) is 57.3 Å². The van der Waals surface area contributed by atoms with E-state index in [1.807, 2.05) is 60.6 Å². The highest BCUT2D eigenvalue weighted by Crippen LogP contribution is 2.48. The molecule has 1 amide bonds. The number of ketones is 1. The van der Waals surface area contributed by atoms with Crippen LogP contribution in [0.1, 0.15) is 144 Å². The maximum atomic E-state index is 14.6. The number of fused-ring (bicyclic) bond motifs is 13. The second-order valence-electron chi connectivity index (χ2n) is 19.3. The molecule has 1 saturated heterocycles. The number of benzene rings is 2. The van der Waals surface area contributed by atoms with Gasteiger partial charge in [-0.1, -0.05) is 99.6 Å². The fraction of sp³-hybridized carbons (Fsp3) is 0.603. The van der Waals surface area contributed by atoms with Gasteiger partial charge in [-0.15, -0.1) is 12.8 Å². The molecule has 416 valence electrons. The van der Waals surface area contributed by atoms with E-state index in [9.17, 15) is 39.3 Å². The summed E-state index contributed by atoms with van der Waals surface area (Å²) in [6.07, 6.45) is 15.6. The Morgan fingerprint density at radius 2 is 1.49 bits per heavy atom. The molecule has 5 aliphatic rings. The Hall–Kier alpha value is -6.09. The van der Waals surface area contributed by atoms with E-state index < -0.39 is 65.9 Å². The molecule has 0 radical (unpaired) electrons. The van der Waals surface area contributed by atoms with Gasteiger partial charge in [0.15, 0.2) is 17.5 Å². The number of aromatic hydroxyl groups is 2. The van der Waals surface area contributed by atoms with Gasteiger partial charge in [0.05, 0.1) is 35.4 Å². The lowest BCUT2D eigenvalue weighted by molar-refractivity contribution is -0.164. The number of aliphatic hydroxyl groups is 2. The van der Waals surface area contributed by atoms with E-state index >= 15 is 0 Å². The van der Waals surface area contributed by atoms with Gasteiger partial charge in [-0.25, -0.2) is 0 Å². The molecule has 5 N–H and O–H groups in total. The third kappa shape index (κ3) is 16.5. The number of allylic oxidation sites excluding steroid dienone is 4. The summed E-state index contributed by atoms with van der Waals surface area (Å²) in [5.41, 5.74) is -0.192. The van der Waals surface area contributed by atoms with Gasteiger partial charge >= 0.3 is 17.9 Å². The molecule has 0 saturated carbocycles. The summed E-state index contributed by atoms with van der Waals surface area (Å²) >= 11 is 0. The van der Waals surface area contributed by atoms with Crippen molar-refractivity contribution in [3.05, 3.63) is 57.8 Å². The number of hydrogen-bond donors (Lipinski definition) is 5. The number of anilines is 1.